The van der Waals surface area contributed by atoms with Gasteiger partial charge in [0.2, 0.25) is 5.91 Å². The maximum Gasteiger partial charge on any atom is 0.408 e. The first-order chi connectivity index (χ1) is 21.5. The molecule has 0 heterocycles. The highest BCUT2D eigenvalue weighted by atomic mass is 35.5. The molecule has 2 aromatic carbocycles. The molecule has 0 bridgehead atoms. The number of ether oxygens (including phenoxy) is 4. The van der Waals surface area contributed by atoms with E-state index in [1.165, 1.54) is 0 Å². The average Bonchev–Trinajstić information content (AvgIpc) is 3.00. The van der Waals surface area contributed by atoms with E-state index in [4.69, 9.17) is 30.5 Å². The van der Waals surface area contributed by atoms with E-state index in [1.54, 1.807) is 32.9 Å². The van der Waals surface area contributed by atoms with Gasteiger partial charge < -0.3 is 34.9 Å². The van der Waals surface area contributed by atoms with E-state index in [-0.39, 0.29) is 39.0 Å². The van der Waals surface area contributed by atoms with Crippen molar-refractivity contribution in [1.82, 2.24) is 16.0 Å². The van der Waals surface area contributed by atoms with Crippen LogP contribution in [0.25, 0.3) is 0 Å². The lowest BCUT2D eigenvalue weighted by Gasteiger charge is -2.25. The van der Waals surface area contributed by atoms with Crippen molar-refractivity contribution in [2.45, 2.75) is 83.8 Å². The van der Waals surface area contributed by atoms with Gasteiger partial charge >= 0.3 is 24.1 Å². The fourth-order valence-electron chi connectivity index (χ4n) is 3.90. The van der Waals surface area contributed by atoms with Gasteiger partial charge in [-0.2, -0.15) is 0 Å². The quantitative estimate of drug-likeness (QED) is 0.0955. The van der Waals surface area contributed by atoms with E-state index in [9.17, 15) is 24.0 Å². The van der Waals surface area contributed by atoms with Crippen molar-refractivity contribution in [3.8, 4) is 0 Å². The summed E-state index contributed by atoms with van der Waals surface area (Å²) in [5.41, 5.74) is 0.835. The number of nitrogens with one attached hydrogen (secondary N) is 3. The number of amides is 3. The fourth-order valence-corrected chi connectivity index (χ4v) is 4.01. The number of alkyl halides is 1. The van der Waals surface area contributed by atoms with E-state index in [2.05, 4.69) is 16.0 Å². The Labute approximate surface area is 268 Å². The Hall–Kier alpha value is -4.32. The monoisotopic (exact) mass is 647 g/mol. The summed E-state index contributed by atoms with van der Waals surface area (Å²) in [4.78, 5) is 62.7. The molecule has 3 N–H and O–H groups in total. The smallest absolute Gasteiger partial charge is 0.408 e. The molecule has 0 saturated heterocycles. The van der Waals surface area contributed by atoms with Crippen molar-refractivity contribution >= 4 is 41.6 Å². The number of unbranched alkanes of at least 4 members (excludes halogenated alkanes) is 1. The minimum Gasteiger partial charge on any atom is -0.461 e. The van der Waals surface area contributed by atoms with E-state index < -0.39 is 53.8 Å². The molecule has 0 unspecified atom stereocenters. The molecule has 2 aromatic rings. The summed E-state index contributed by atoms with van der Waals surface area (Å²) >= 11 is 5.56. The van der Waals surface area contributed by atoms with Gasteiger partial charge in [-0.3, -0.25) is 9.59 Å². The van der Waals surface area contributed by atoms with Gasteiger partial charge in [0.05, 0.1) is 0 Å². The Kier molecular flexibility index (Phi) is 16.3. The van der Waals surface area contributed by atoms with Crippen LogP contribution in [0.1, 0.15) is 64.0 Å². The Morgan fingerprint density at radius 1 is 0.733 bits per heavy atom. The van der Waals surface area contributed by atoms with Gasteiger partial charge in [0.25, 0.3) is 0 Å². The van der Waals surface area contributed by atoms with Crippen molar-refractivity contribution in [2.24, 2.45) is 0 Å². The molecule has 0 aliphatic rings. The second-order valence-corrected chi connectivity index (χ2v) is 11.2. The molecule has 246 valence electrons. The minimum atomic E-state index is -1.23. The normalized spacial score (nSPS) is 12.2. The zero-order chi connectivity index (χ0) is 33.1. The van der Waals surface area contributed by atoms with Crippen molar-refractivity contribution in [1.29, 1.82) is 0 Å². The number of hydrogen-bond donors (Lipinski definition) is 3. The average molecular weight is 648 g/mol. The van der Waals surface area contributed by atoms with Crippen LogP contribution in [0.4, 0.5) is 9.59 Å². The van der Waals surface area contributed by atoms with E-state index >= 15 is 0 Å². The Morgan fingerprint density at radius 2 is 1.33 bits per heavy atom. The standard InChI is InChI=1S/C32H42ClN3O9/c1-32(2,3)45-31(41)36-25(16-10-11-19-34-30(40)43-21-24-14-8-5-9-15-24)28(38)35-26(29(39)44-22-33)17-18-27(37)42-20-23-12-6-4-7-13-23/h4-9,12-15,25-26H,10-11,16-22H2,1-3H3,(H,34,40)(H,35,38)(H,36,41)/t25-,26-/m0/s1. The Morgan fingerprint density at radius 3 is 1.91 bits per heavy atom. The van der Waals surface area contributed by atoms with Gasteiger partial charge in [-0.25, -0.2) is 14.4 Å². The molecule has 3 amide bonds. The van der Waals surface area contributed by atoms with Crippen molar-refractivity contribution in [2.75, 3.05) is 12.6 Å². The largest absolute Gasteiger partial charge is 0.461 e. The molecule has 0 aromatic heterocycles. The summed E-state index contributed by atoms with van der Waals surface area (Å²) in [6.45, 7) is 5.50. The number of hydrogen-bond acceptors (Lipinski definition) is 9. The highest BCUT2D eigenvalue weighted by molar-refractivity contribution is 6.17. The number of alkyl carbamates (subject to hydrolysis) is 2. The molecule has 0 saturated carbocycles. The molecular formula is C32H42ClN3O9. The lowest BCUT2D eigenvalue weighted by molar-refractivity contribution is -0.148. The Balaban J connectivity index is 1.92. The van der Waals surface area contributed by atoms with Gasteiger partial charge in [-0.15, -0.1) is 0 Å². The van der Waals surface area contributed by atoms with E-state index in [0.717, 1.165) is 11.1 Å². The van der Waals surface area contributed by atoms with Gasteiger partial charge in [-0.05, 0) is 57.6 Å². The van der Waals surface area contributed by atoms with E-state index in [1.807, 2.05) is 48.5 Å². The number of esters is 2. The number of carbonyl (C=O) groups is 5. The third kappa shape index (κ3) is 16.4. The van der Waals surface area contributed by atoms with Crippen molar-refractivity contribution < 1.29 is 42.9 Å². The number of rotatable bonds is 17. The predicted molar refractivity (Wildman–Crippen MR) is 166 cm³/mol. The zero-order valence-electron chi connectivity index (χ0n) is 25.8. The van der Waals surface area contributed by atoms with Crippen LogP contribution in [0.2, 0.25) is 0 Å². The lowest BCUT2D eigenvalue weighted by atomic mass is 10.1. The van der Waals surface area contributed by atoms with E-state index in [0.29, 0.717) is 12.8 Å². The first-order valence-electron chi connectivity index (χ1n) is 14.6. The third-order valence-electron chi connectivity index (χ3n) is 6.09. The molecule has 12 nitrogen and oxygen atoms in total. The number of benzene rings is 2. The Bertz CT molecular complexity index is 1220. The SMILES string of the molecule is CC(C)(C)OC(=O)N[C@@H](CCCCNC(=O)OCc1ccccc1)C(=O)N[C@@H](CCC(=O)OCc1ccccc1)C(=O)OCCl. The summed E-state index contributed by atoms with van der Waals surface area (Å²) in [7, 11) is 0. The van der Waals surface area contributed by atoms with Crippen LogP contribution in [0.15, 0.2) is 60.7 Å². The van der Waals surface area contributed by atoms with Crippen LogP contribution in [-0.2, 0) is 46.5 Å². The predicted octanol–water partition coefficient (Wildman–Crippen LogP) is 4.72. The first-order valence-corrected chi connectivity index (χ1v) is 15.2. The molecule has 0 spiro atoms. The van der Waals surface area contributed by atoms with Gasteiger partial charge in [0, 0.05) is 13.0 Å². The molecular weight excluding hydrogens is 606 g/mol. The topological polar surface area (TPSA) is 158 Å². The van der Waals surface area contributed by atoms with Gasteiger partial charge in [0.15, 0.2) is 6.07 Å². The third-order valence-corrected chi connectivity index (χ3v) is 6.20. The molecule has 0 radical (unpaired) electrons. The lowest BCUT2D eigenvalue weighted by Crippen LogP contribution is -2.52. The number of halogens is 1. The summed E-state index contributed by atoms with van der Waals surface area (Å²) in [6, 6.07) is 15.5. The van der Waals surface area contributed by atoms with Crippen LogP contribution < -0.4 is 16.0 Å². The van der Waals surface area contributed by atoms with Gasteiger partial charge in [-0.1, -0.05) is 72.3 Å². The molecule has 2 rings (SSSR count). The van der Waals surface area contributed by atoms with Crippen LogP contribution in [0.5, 0.6) is 0 Å². The molecule has 45 heavy (non-hydrogen) atoms. The molecule has 2 atom stereocenters. The maximum absolute atomic E-state index is 13.3. The minimum absolute atomic E-state index is 0.0598. The summed E-state index contributed by atoms with van der Waals surface area (Å²) in [5.74, 6) is -2.11. The van der Waals surface area contributed by atoms with Crippen LogP contribution in [0.3, 0.4) is 0 Å². The van der Waals surface area contributed by atoms with Crippen LogP contribution in [0, 0.1) is 0 Å². The van der Waals surface area contributed by atoms with Crippen LogP contribution >= 0.6 is 11.6 Å². The highest BCUT2D eigenvalue weighted by Gasteiger charge is 2.29. The highest BCUT2D eigenvalue weighted by Crippen LogP contribution is 2.11. The number of carbonyl (C=O) groups excluding carboxylic acids is 5. The molecule has 0 aliphatic carbocycles. The fraction of sp³-hybridized carbons (Fsp3) is 0.469. The van der Waals surface area contributed by atoms with Crippen LogP contribution in [-0.4, -0.2) is 60.3 Å². The maximum atomic E-state index is 13.3. The summed E-state index contributed by atoms with van der Waals surface area (Å²) < 4.78 is 20.6. The second kappa shape index (κ2) is 19.9. The van der Waals surface area contributed by atoms with Gasteiger partial charge in [0.1, 0.15) is 30.9 Å². The van der Waals surface area contributed by atoms with Crippen molar-refractivity contribution in [3.05, 3.63) is 71.8 Å². The molecule has 0 aliphatic heterocycles. The van der Waals surface area contributed by atoms with Crippen molar-refractivity contribution in [3.63, 3.8) is 0 Å². The zero-order valence-corrected chi connectivity index (χ0v) is 26.6. The second-order valence-electron chi connectivity index (χ2n) is 11.0. The molecule has 13 heteroatoms. The summed E-state index contributed by atoms with van der Waals surface area (Å²) in [5, 5.41) is 7.73. The summed E-state index contributed by atoms with van der Waals surface area (Å²) in [6.07, 6.45) is -0.685. The molecule has 0 fully saturated rings. The first kappa shape index (κ1) is 36.9.